The third-order valence-electron chi connectivity index (χ3n) is 1.74. The molecule has 0 aromatic heterocycles. The smallest absolute Gasteiger partial charge is 0.279 e. The lowest BCUT2D eigenvalue weighted by atomic mass is 10.3. The van der Waals surface area contributed by atoms with E-state index in [1.54, 1.807) is 13.8 Å². The normalized spacial score (nSPS) is 12.4. The minimum Gasteiger partial charge on any atom is -0.388 e. The number of nitrogens with two attached hydrogens (primary N) is 1. The van der Waals surface area contributed by atoms with Crippen LogP contribution in [0.4, 0.5) is 0 Å². The van der Waals surface area contributed by atoms with Gasteiger partial charge in [-0.1, -0.05) is 0 Å². The number of hydrogen-bond acceptors (Lipinski definition) is 3. The Hall–Kier alpha value is -0.660. The Labute approximate surface area is 85.2 Å². The second kappa shape index (κ2) is 5.28. The average Bonchev–Trinajstić information content (AvgIpc) is 2.03. The molecule has 0 aliphatic carbocycles. The van der Waals surface area contributed by atoms with E-state index in [4.69, 9.17) is 11.1 Å². The van der Waals surface area contributed by atoms with Crippen LogP contribution in [0.2, 0.25) is 0 Å². The van der Waals surface area contributed by atoms with Gasteiger partial charge < -0.3 is 5.73 Å². The monoisotopic (exact) mass is 222 g/mol. The van der Waals surface area contributed by atoms with E-state index in [1.807, 2.05) is 0 Å². The topological polar surface area (TPSA) is 99.3 Å². The highest BCUT2D eigenvalue weighted by Gasteiger charge is 2.22. The molecule has 0 unspecified atom stereocenters. The molecule has 7 heteroatoms. The van der Waals surface area contributed by atoms with Crippen LogP contribution in [0.1, 0.15) is 20.3 Å². The summed E-state index contributed by atoms with van der Waals surface area (Å²) in [5.74, 6) is -0.0121. The van der Waals surface area contributed by atoms with Gasteiger partial charge in [0.15, 0.2) is 0 Å². The molecule has 0 aromatic rings. The summed E-state index contributed by atoms with van der Waals surface area (Å²) < 4.78 is 26.4. The van der Waals surface area contributed by atoms with Gasteiger partial charge in [0.25, 0.3) is 10.2 Å². The van der Waals surface area contributed by atoms with Crippen molar-refractivity contribution in [2.45, 2.75) is 26.3 Å². The quantitative estimate of drug-likeness (QED) is 0.417. The molecule has 14 heavy (non-hydrogen) atoms. The van der Waals surface area contributed by atoms with Gasteiger partial charge in [0.1, 0.15) is 0 Å². The van der Waals surface area contributed by atoms with Crippen LogP contribution in [0.15, 0.2) is 0 Å². The summed E-state index contributed by atoms with van der Waals surface area (Å²) in [6, 6.07) is -0.146. The fourth-order valence-corrected chi connectivity index (χ4v) is 2.13. The number of hydrogen-bond donors (Lipinski definition) is 3. The van der Waals surface area contributed by atoms with Crippen LogP contribution >= 0.6 is 0 Å². The van der Waals surface area contributed by atoms with Crippen LogP contribution < -0.4 is 10.5 Å². The van der Waals surface area contributed by atoms with Gasteiger partial charge in [-0.3, -0.25) is 5.41 Å². The lowest BCUT2D eigenvalue weighted by Crippen LogP contribution is -2.44. The fourth-order valence-electron chi connectivity index (χ4n) is 1.00. The molecular weight excluding hydrogens is 204 g/mol. The van der Waals surface area contributed by atoms with E-state index >= 15 is 0 Å². The summed E-state index contributed by atoms with van der Waals surface area (Å²) in [5, 5.41) is 7.03. The molecule has 0 aliphatic heterocycles. The van der Waals surface area contributed by atoms with Crippen LogP contribution in [-0.2, 0) is 10.2 Å². The Morgan fingerprint density at radius 3 is 2.36 bits per heavy atom. The van der Waals surface area contributed by atoms with Gasteiger partial charge in [-0.25, -0.2) is 4.72 Å². The molecule has 0 bridgehead atoms. The van der Waals surface area contributed by atoms with Crippen molar-refractivity contribution in [2.24, 2.45) is 5.73 Å². The SMILES string of the molecule is CNS(=O)(=O)N(CCC(=N)N)C(C)C. The summed E-state index contributed by atoms with van der Waals surface area (Å²) in [6.07, 6.45) is 0.249. The summed E-state index contributed by atoms with van der Waals surface area (Å²) in [4.78, 5) is 0. The molecule has 0 radical (unpaired) electrons. The predicted molar refractivity (Wildman–Crippen MR) is 56.4 cm³/mol. The number of rotatable bonds is 6. The molecule has 0 fully saturated rings. The Morgan fingerprint density at radius 1 is 1.57 bits per heavy atom. The van der Waals surface area contributed by atoms with Crippen LogP contribution in [-0.4, -0.2) is 38.2 Å². The van der Waals surface area contributed by atoms with E-state index in [-0.39, 0.29) is 24.8 Å². The van der Waals surface area contributed by atoms with Crippen molar-refractivity contribution in [3.63, 3.8) is 0 Å². The molecule has 0 aliphatic rings. The Bertz CT molecular complexity index is 286. The molecule has 0 spiro atoms. The van der Waals surface area contributed by atoms with E-state index in [0.29, 0.717) is 0 Å². The predicted octanol–water partition coefficient (Wildman–Crippen LogP) is -0.513. The fraction of sp³-hybridized carbons (Fsp3) is 0.857. The molecule has 6 nitrogen and oxygen atoms in total. The maximum Gasteiger partial charge on any atom is 0.279 e. The van der Waals surface area contributed by atoms with Crippen molar-refractivity contribution in [3.05, 3.63) is 0 Å². The second-order valence-corrected chi connectivity index (χ2v) is 5.02. The van der Waals surface area contributed by atoms with Crippen molar-refractivity contribution in [1.29, 1.82) is 5.41 Å². The molecule has 4 N–H and O–H groups in total. The first-order valence-corrected chi connectivity index (χ1v) is 5.78. The molecule has 0 saturated heterocycles. The zero-order valence-corrected chi connectivity index (χ0v) is 9.56. The average molecular weight is 222 g/mol. The molecule has 0 aromatic carbocycles. The molecule has 0 atom stereocenters. The molecular formula is C7H18N4O2S. The molecule has 84 valence electrons. The minimum absolute atomic E-state index is 0.0121. The van der Waals surface area contributed by atoms with Crippen molar-refractivity contribution in [3.8, 4) is 0 Å². The van der Waals surface area contributed by atoms with Gasteiger partial charge in [-0.15, -0.1) is 0 Å². The van der Waals surface area contributed by atoms with Gasteiger partial charge >= 0.3 is 0 Å². The largest absolute Gasteiger partial charge is 0.388 e. The Kier molecular flexibility index (Phi) is 5.03. The highest BCUT2D eigenvalue weighted by atomic mass is 32.2. The number of nitrogens with one attached hydrogen (secondary N) is 2. The van der Waals surface area contributed by atoms with Gasteiger partial charge in [0, 0.05) is 26.1 Å². The maximum atomic E-state index is 11.5. The van der Waals surface area contributed by atoms with Gasteiger partial charge in [0.2, 0.25) is 0 Å². The standard InChI is InChI=1S/C7H18N4O2S/c1-6(2)11(5-4-7(8)9)14(12,13)10-3/h6,10H,4-5H2,1-3H3,(H3,8,9). The first kappa shape index (κ1) is 13.3. The lowest BCUT2D eigenvalue weighted by molar-refractivity contribution is 0.357. The first-order valence-electron chi connectivity index (χ1n) is 4.34. The zero-order valence-electron chi connectivity index (χ0n) is 8.74. The van der Waals surface area contributed by atoms with Crippen LogP contribution in [0.25, 0.3) is 0 Å². The van der Waals surface area contributed by atoms with E-state index in [2.05, 4.69) is 4.72 Å². The van der Waals surface area contributed by atoms with Crippen molar-refractivity contribution < 1.29 is 8.42 Å². The van der Waals surface area contributed by atoms with Gasteiger partial charge in [0.05, 0.1) is 5.84 Å². The molecule has 0 heterocycles. The summed E-state index contributed by atoms with van der Waals surface area (Å²) >= 11 is 0. The summed E-state index contributed by atoms with van der Waals surface area (Å²) in [7, 11) is -2.06. The van der Waals surface area contributed by atoms with Crippen LogP contribution in [0.5, 0.6) is 0 Å². The third-order valence-corrected chi connectivity index (χ3v) is 3.48. The minimum atomic E-state index is -3.42. The molecule has 0 saturated carbocycles. The lowest BCUT2D eigenvalue weighted by Gasteiger charge is -2.24. The zero-order chi connectivity index (χ0) is 11.4. The highest BCUT2D eigenvalue weighted by molar-refractivity contribution is 7.87. The Morgan fingerprint density at radius 2 is 2.07 bits per heavy atom. The van der Waals surface area contributed by atoms with Gasteiger partial charge in [-0.2, -0.15) is 12.7 Å². The first-order chi connectivity index (χ1) is 6.31. The van der Waals surface area contributed by atoms with Crippen LogP contribution in [0.3, 0.4) is 0 Å². The van der Waals surface area contributed by atoms with E-state index < -0.39 is 10.2 Å². The summed E-state index contributed by atoms with van der Waals surface area (Å²) in [6.45, 7) is 3.78. The van der Waals surface area contributed by atoms with Crippen molar-refractivity contribution >= 4 is 16.0 Å². The van der Waals surface area contributed by atoms with Crippen molar-refractivity contribution in [2.75, 3.05) is 13.6 Å². The second-order valence-electron chi connectivity index (χ2n) is 3.19. The third kappa shape index (κ3) is 4.03. The van der Waals surface area contributed by atoms with Crippen LogP contribution in [0, 0.1) is 5.41 Å². The number of nitrogens with zero attached hydrogens (tertiary/aromatic N) is 1. The highest BCUT2D eigenvalue weighted by Crippen LogP contribution is 2.05. The van der Waals surface area contributed by atoms with Crippen molar-refractivity contribution in [1.82, 2.24) is 9.03 Å². The van der Waals surface area contributed by atoms with E-state index in [1.165, 1.54) is 11.4 Å². The maximum absolute atomic E-state index is 11.5. The Balaban J connectivity index is 4.54. The van der Waals surface area contributed by atoms with Gasteiger partial charge in [-0.05, 0) is 13.8 Å². The molecule has 0 amide bonds. The van der Waals surface area contributed by atoms with E-state index in [9.17, 15) is 8.42 Å². The number of amidine groups is 1. The molecule has 0 rings (SSSR count). The van der Waals surface area contributed by atoms with E-state index in [0.717, 1.165) is 0 Å². The summed E-state index contributed by atoms with van der Waals surface area (Å²) in [5.41, 5.74) is 5.17.